The van der Waals surface area contributed by atoms with Crippen molar-refractivity contribution < 1.29 is 102 Å². The minimum absolute atomic E-state index is 0.0201. The van der Waals surface area contributed by atoms with Crippen molar-refractivity contribution >= 4 is 23.6 Å². The Morgan fingerprint density at radius 3 is 0.875 bits per heavy atom. The monoisotopic (exact) mass is 1980 g/mol. The van der Waals surface area contributed by atoms with E-state index in [0.717, 1.165) is 71.5 Å². The Morgan fingerprint density at radius 2 is 0.583 bits per heavy atom. The number of amides is 4. The molecule has 2 aliphatic carbocycles. The summed E-state index contributed by atoms with van der Waals surface area (Å²) in [5, 5.41) is 49.4. The largest absolute Gasteiger partial charge is 0.502 e. The number of halogens is 10. The summed E-state index contributed by atoms with van der Waals surface area (Å²) in [7, 11) is 0. The Morgan fingerprint density at radius 1 is 0.312 bits per heavy atom. The number of pyridine rings is 4. The first kappa shape index (κ1) is 96.2. The maximum absolute atomic E-state index is 15.3. The standard InChI is InChI=1S/2C28H25F2N3O4.2C25H20F3N3O4/c2*1-17-6-2-3-7-18(17)23-19-8-9-20(29)22(30)26(19)37-15-5-13-28(11-4-12-28)31-16-33(23)32-14-10-21(34)25(35)24(32)27(31)36;2*26-13-15-5-1-2-6-16(15)21-17-7-8-18(27)20(28)24(17)35-12-4-3-10-29-14-31(21)30-11-9-19(32)23(33)22(30)25(29)34/h2*2-3,5-10,13-14,23,35H,4,11-12,15-16H2,1H3;2*1-9,11,21,33H,10,12-14H2/b2*13-5+;2*4-3-/t2*23-;2*21-/m1010/s1. The molecule has 0 radical (unpaired) electrons. The van der Waals surface area contributed by atoms with Crippen LogP contribution in [0.15, 0.2) is 262 Å². The number of aromatic nitrogens is 4. The number of carbonyl (C=O) groups is 4. The molecule has 8 bridgehead atoms. The van der Waals surface area contributed by atoms with Crippen molar-refractivity contribution in [3.8, 4) is 46.0 Å². The van der Waals surface area contributed by atoms with Crippen molar-refractivity contribution in [1.29, 1.82) is 0 Å². The first-order valence-electron chi connectivity index (χ1n) is 46.0. The van der Waals surface area contributed by atoms with Crippen molar-refractivity contribution in [2.45, 2.75) is 101 Å². The molecule has 2 saturated carbocycles. The lowest BCUT2D eigenvalue weighted by atomic mass is 9.74. The van der Waals surface area contributed by atoms with Crippen LogP contribution in [-0.2, 0) is 13.3 Å². The van der Waals surface area contributed by atoms with Gasteiger partial charge in [0.15, 0.2) is 92.0 Å². The number of rotatable bonds is 6. The fraction of sp³-hybridized carbons (Fsp3) is 0.245. The second kappa shape index (κ2) is 39.1. The van der Waals surface area contributed by atoms with Gasteiger partial charge in [-0.3, -0.25) is 77.1 Å². The highest BCUT2D eigenvalue weighted by molar-refractivity contribution is 5.99. The van der Waals surface area contributed by atoms with Gasteiger partial charge < -0.3 is 59.0 Å². The number of hydrogen-bond acceptors (Lipinski definition) is 20. The lowest BCUT2D eigenvalue weighted by molar-refractivity contribution is 0.0249. The van der Waals surface area contributed by atoms with E-state index in [1.165, 1.54) is 89.7 Å². The third-order valence-electron chi connectivity index (χ3n) is 27.7. The molecule has 144 heavy (non-hydrogen) atoms. The average Bonchev–Trinajstić information content (AvgIpc) is 1.09. The van der Waals surface area contributed by atoms with Gasteiger partial charge in [0.1, 0.15) is 90.6 Å². The maximum Gasteiger partial charge on any atom is 0.278 e. The average molecular weight is 1980 g/mol. The molecule has 10 aliphatic rings. The van der Waals surface area contributed by atoms with E-state index in [1.54, 1.807) is 115 Å². The van der Waals surface area contributed by atoms with E-state index in [4.69, 9.17) is 18.9 Å². The topological polar surface area (TPSA) is 300 Å². The number of benzene rings is 8. The van der Waals surface area contributed by atoms with Crippen molar-refractivity contribution in [1.82, 2.24) is 38.3 Å². The third-order valence-corrected chi connectivity index (χ3v) is 27.7. The summed E-state index contributed by atoms with van der Waals surface area (Å²) in [6, 6.07) is 38.9. The van der Waals surface area contributed by atoms with Crippen LogP contribution in [0, 0.1) is 60.4 Å². The molecule has 28 nitrogen and oxygen atoms in total. The Hall–Kier alpha value is -16.7. The van der Waals surface area contributed by atoms with E-state index in [1.807, 2.05) is 74.5 Å². The zero-order valence-corrected chi connectivity index (χ0v) is 77.0. The molecule has 0 unspecified atom stereocenters. The number of nitrogens with zero attached hydrogens (tertiary/aromatic N) is 12. The van der Waals surface area contributed by atoms with Gasteiger partial charge >= 0.3 is 0 Å². The van der Waals surface area contributed by atoms with E-state index < -0.39 is 163 Å². The van der Waals surface area contributed by atoms with E-state index in [-0.39, 0.29) is 134 Å². The molecule has 4 atom stereocenters. The summed E-state index contributed by atoms with van der Waals surface area (Å²) in [6.07, 6.45) is 23.5. The lowest BCUT2D eigenvalue weighted by Gasteiger charge is -2.54. The number of fused-ring (bicyclic) bond motifs is 22. The van der Waals surface area contributed by atoms with E-state index >= 15 is 17.6 Å². The van der Waals surface area contributed by atoms with Gasteiger partial charge in [0, 0.05) is 84.4 Å². The van der Waals surface area contributed by atoms with Crippen LogP contribution in [0.2, 0.25) is 0 Å². The van der Waals surface area contributed by atoms with Crippen LogP contribution in [0.3, 0.4) is 0 Å². The molecular weight excluding hydrogens is 1890 g/mol. The van der Waals surface area contributed by atoms with Gasteiger partial charge in [-0.25, -0.2) is 26.3 Å². The Kier molecular flexibility index (Phi) is 26.1. The van der Waals surface area contributed by atoms with E-state index in [2.05, 4.69) is 0 Å². The molecule has 4 amide bonds. The molecular formula is C106H90F10N12O16. The lowest BCUT2D eigenvalue weighted by Crippen LogP contribution is -2.64. The van der Waals surface area contributed by atoms with Crippen LogP contribution in [-0.4, -0.2) is 160 Å². The molecule has 12 heterocycles. The molecule has 0 saturated heterocycles. The summed E-state index contributed by atoms with van der Waals surface area (Å²) in [6.45, 7) is 2.08. The zero-order valence-electron chi connectivity index (χ0n) is 77.0. The van der Waals surface area contributed by atoms with Gasteiger partial charge in [0.25, 0.3) is 23.6 Å². The van der Waals surface area contributed by atoms with Crippen LogP contribution in [0.4, 0.5) is 43.9 Å². The van der Waals surface area contributed by atoms with Crippen LogP contribution in [0.5, 0.6) is 46.0 Å². The maximum atomic E-state index is 15.3. The normalized spacial score (nSPS) is 19.6. The molecule has 12 aromatic rings. The van der Waals surface area contributed by atoms with Crippen molar-refractivity contribution in [3.63, 3.8) is 0 Å². The highest BCUT2D eigenvalue weighted by atomic mass is 19.2. The number of hydrogen-bond donors (Lipinski definition) is 4. The minimum Gasteiger partial charge on any atom is -0.502 e. The number of aryl methyl sites for hydroxylation is 2. The number of aromatic hydroxyl groups is 4. The molecule has 8 aromatic carbocycles. The first-order chi connectivity index (χ1) is 69.5. The SMILES string of the molecule is Cc1ccccc1[C@@H]1c2ccc(F)c(F)c2OC/C=C/C2(CCC2)N2CN1n1ccc(=O)c(O)c1C2=O.Cc1ccccc1[C@H]1c2ccc(F)c(F)c2OC/C=C/C2(CCC2)N2CN1n1ccc(=O)c(O)c1C2=O.O=C1c2c(O)c(=O)ccn2N2CN1C/C=C\COc1c(ccc(F)c1F)[C@@H]2c1ccccc1CF.O=C1c2c(O)c(=O)ccn2N2CN1C/C=C\COc1c(ccc(F)c1F)[C@H]2c1ccccc1CF. The van der Waals surface area contributed by atoms with Gasteiger partial charge in [-0.2, -0.15) is 17.6 Å². The molecule has 8 aliphatic heterocycles. The quantitative estimate of drug-likeness (QED) is 0.0888. The fourth-order valence-electron chi connectivity index (χ4n) is 20.2. The predicted octanol–water partition coefficient (Wildman–Crippen LogP) is 15.1. The van der Waals surface area contributed by atoms with E-state index in [9.17, 15) is 85.1 Å². The van der Waals surface area contributed by atoms with Crippen LogP contribution in [0.1, 0.15) is 171 Å². The fourth-order valence-corrected chi connectivity index (χ4v) is 20.2. The van der Waals surface area contributed by atoms with Crippen LogP contribution < -0.4 is 60.7 Å². The minimum atomic E-state index is -1.20. The highest BCUT2D eigenvalue weighted by Crippen LogP contribution is 2.51. The number of ether oxygens (including phenoxy) is 4. The summed E-state index contributed by atoms with van der Waals surface area (Å²) < 4.78 is 175. The second-order valence-corrected chi connectivity index (χ2v) is 35.7. The van der Waals surface area contributed by atoms with Crippen LogP contribution >= 0.6 is 0 Å². The van der Waals surface area contributed by atoms with Gasteiger partial charge in [-0.05, 0) is 170 Å². The highest BCUT2D eigenvalue weighted by Gasteiger charge is 2.53. The predicted molar refractivity (Wildman–Crippen MR) is 506 cm³/mol. The Bertz CT molecular complexity index is 7150. The smallest absolute Gasteiger partial charge is 0.278 e. The Labute approximate surface area is 813 Å². The molecule has 4 N–H and O–H groups in total. The van der Waals surface area contributed by atoms with Gasteiger partial charge in [0.05, 0.1) is 11.1 Å². The van der Waals surface area contributed by atoms with Crippen LogP contribution in [0.25, 0.3) is 0 Å². The van der Waals surface area contributed by atoms with Crippen molar-refractivity contribution in [2.75, 3.05) is 86.2 Å². The molecule has 740 valence electrons. The molecule has 38 heteroatoms. The van der Waals surface area contributed by atoms with Crippen molar-refractivity contribution in [3.05, 3.63) is 420 Å². The summed E-state index contributed by atoms with van der Waals surface area (Å²) in [5.41, 5.74) is 0.711. The summed E-state index contributed by atoms with van der Waals surface area (Å²) >= 11 is 0. The summed E-state index contributed by atoms with van der Waals surface area (Å²) in [5.74, 6) is -15.0. The molecule has 4 aromatic heterocycles. The first-order valence-corrected chi connectivity index (χ1v) is 46.0. The second-order valence-electron chi connectivity index (χ2n) is 35.7. The third kappa shape index (κ3) is 16.8. The van der Waals surface area contributed by atoms with Gasteiger partial charge in [-0.1, -0.05) is 121 Å². The van der Waals surface area contributed by atoms with Gasteiger partial charge in [0.2, 0.25) is 45.0 Å². The Balaban J connectivity index is 0.000000122. The summed E-state index contributed by atoms with van der Waals surface area (Å²) in [4.78, 5) is 109. The van der Waals surface area contributed by atoms with E-state index in [0.29, 0.717) is 47.9 Å². The molecule has 2 spiro atoms. The molecule has 2 fully saturated rings. The number of alkyl halides is 2. The van der Waals surface area contributed by atoms with Gasteiger partial charge in [-0.15, -0.1) is 0 Å². The zero-order chi connectivity index (χ0) is 101. The number of carbonyl (C=O) groups excluding carboxylic acids is 4. The van der Waals surface area contributed by atoms with Crippen molar-refractivity contribution in [2.24, 2.45) is 0 Å². The molecule has 22 rings (SSSR count).